The van der Waals surface area contributed by atoms with Crippen LogP contribution in [0.1, 0.15) is 40.7 Å². The van der Waals surface area contributed by atoms with E-state index in [1.807, 2.05) is 0 Å². The van der Waals surface area contributed by atoms with Gasteiger partial charge in [0.05, 0.1) is 0 Å². The topological polar surface area (TPSA) is 0 Å². The Morgan fingerprint density at radius 2 is 0.895 bits per heavy atom. The molecule has 1 aliphatic rings. The lowest BCUT2D eigenvalue weighted by Crippen LogP contribution is -2.02. The zero-order valence-electron chi connectivity index (χ0n) is 21.6. The maximum atomic E-state index is 2.42. The zero-order valence-corrected chi connectivity index (χ0v) is 21.6. The van der Waals surface area contributed by atoms with E-state index in [4.69, 9.17) is 0 Å². The molecule has 0 amide bonds. The molecule has 182 valence electrons. The molecule has 0 saturated heterocycles. The van der Waals surface area contributed by atoms with E-state index in [1.54, 1.807) is 0 Å². The maximum absolute atomic E-state index is 2.42. The van der Waals surface area contributed by atoms with E-state index < -0.39 is 0 Å². The Kier molecular flexibility index (Phi) is 6.70. The first kappa shape index (κ1) is 23.7. The van der Waals surface area contributed by atoms with Crippen molar-refractivity contribution in [2.75, 3.05) is 0 Å². The number of hydrogen-bond acceptors (Lipinski definition) is 0. The molecule has 0 aromatic heterocycles. The summed E-state index contributed by atoms with van der Waals surface area (Å²) in [6.07, 6.45) is 2.42. The average Bonchev–Trinajstić information content (AvgIpc) is 3.34. The highest BCUT2D eigenvalue weighted by Crippen LogP contribution is 2.56. The van der Waals surface area contributed by atoms with Crippen LogP contribution in [0, 0.1) is 0 Å². The number of hydrogen-bond donors (Lipinski definition) is 0. The van der Waals surface area contributed by atoms with Gasteiger partial charge in [-0.05, 0) is 62.6 Å². The van der Waals surface area contributed by atoms with Crippen LogP contribution in [0.15, 0.2) is 163 Å². The van der Waals surface area contributed by atoms with Crippen molar-refractivity contribution in [1.29, 1.82) is 0 Å². The van der Waals surface area contributed by atoms with Gasteiger partial charge in [0.2, 0.25) is 0 Å². The van der Waals surface area contributed by atoms with Gasteiger partial charge in [-0.15, -0.1) is 0 Å². The lowest BCUT2D eigenvalue weighted by molar-refractivity contribution is 1.07. The summed E-state index contributed by atoms with van der Waals surface area (Å²) in [5, 5.41) is 0. The zero-order chi connectivity index (χ0) is 25.7. The van der Waals surface area contributed by atoms with Crippen molar-refractivity contribution in [3.05, 3.63) is 191 Å². The van der Waals surface area contributed by atoms with Gasteiger partial charge >= 0.3 is 0 Å². The van der Waals surface area contributed by atoms with Crippen molar-refractivity contribution in [1.82, 2.24) is 0 Å². The van der Waals surface area contributed by atoms with Gasteiger partial charge < -0.3 is 0 Å². The smallest absolute Gasteiger partial charge is 0.0358 e. The fourth-order valence-corrected chi connectivity index (χ4v) is 5.64. The summed E-state index contributed by atoms with van der Waals surface area (Å²) in [5.74, 6) is 0.0997. The van der Waals surface area contributed by atoms with Gasteiger partial charge in [-0.3, -0.25) is 0 Å². The fraction of sp³-hybridized carbons (Fsp3) is 0.0526. The minimum absolute atomic E-state index is 0.0997. The Hall–Kier alpha value is -4.68. The van der Waals surface area contributed by atoms with Gasteiger partial charge in [-0.1, -0.05) is 158 Å². The molecule has 1 unspecified atom stereocenters. The third kappa shape index (κ3) is 4.58. The molecule has 1 aliphatic carbocycles. The van der Waals surface area contributed by atoms with Crippen molar-refractivity contribution in [2.24, 2.45) is 0 Å². The summed E-state index contributed by atoms with van der Waals surface area (Å²) in [4.78, 5) is 0. The van der Waals surface area contributed by atoms with Crippen molar-refractivity contribution >= 4 is 22.3 Å². The minimum Gasteiger partial charge on any atom is -0.0622 e. The summed E-state index contributed by atoms with van der Waals surface area (Å²) >= 11 is 0. The molecule has 0 heteroatoms. The second-order valence-electron chi connectivity index (χ2n) is 9.75. The quantitative estimate of drug-likeness (QED) is 0.224. The van der Waals surface area contributed by atoms with Crippen LogP contribution in [0.2, 0.25) is 0 Å². The highest BCUT2D eigenvalue weighted by molar-refractivity contribution is 6.22. The van der Waals surface area contributed by atoms with E-state index in [1.165, 1.54) is 55.7 Å². The van der Waals surface area contributed by atoms with Crippen LogP contribution in [0.3, 0.4) is 0 Å². The lowest BCUT2D eigenvalue weighted by Gasteiger charge is -2.20. The first-order chi connectivity index (χ1) is 18.8. The van der Waals surface area contributed by atoms with Crippen LogP contribution in [-0.4, -0.2) is 0 Å². The molecule has 0 nitrogen and oxygen atoms in total. The molecule has 0 bridgehead atoms. The van der Waals surface area contributed by atoms with Crippen LogP contribution in [0.25, 0.3) is 22.3 Å². The second kappa shape index (κ2) is 10.7. The Balaban J connectivity index is 1.73. The van der Waals surface area contributed by atoms with Crippen molar-refractivity contribution in [3.8, 4) is 0 Å². The molecule has 0 saturated carbocycles. The molecule has 6 rings (SSSR count). The maximum Gasteiger partial charge on any atom is 0.0358 e. The fourth-order valence-electron chi connectivity index (χ4n) is 5.64. The molecule has 0 spiro atoms. The third-order valence-corrected chi connectivity index (χ3v) is 7.35. The summed E-state index contributed by atoms with van der Waals surface area (Å²) < 4.78 is 0. The van der Waals surface area contributed by atoms with E-state index in [-0.39, 0.29) is 5.92 Å². The van der Waals surface area contributed by atoms with Crippen molar-refractivity contribution < 1.29 is 0 Å². The summed E-state index contributed by atoms with van der Waals surface area (Å²) in [5.41, 5.74) is 12.9. The summed E-state index contributed by atoms with van der Waals surface area (Å²) in [6.45, 7) is 2.23. The van der Waals surface area contributed by atoms with Gasteiger partial charge in [0.25, 0.3) is 0 Å². The second-order valence-corrected chi connectivity index (χ2v) is 9.75. The minimum atomic E-state index is 0.0997. The first-order valence-electron chi connectivity index (χ1n) is 13.2. The molecular weight excluding hydrogens is 456 g/mol. The van der Waals surface area contributed by atoms with Crippen LogP contribution >= 0.6 is 0 Å². The number of allylic oxidation sites excluding steroid dienone is 6. The monoisotopic (exact) mass is 486 g/mol. The molecule has 1 atom stereocenters. The molecule has 0 radical (unpaired) electrons. The normalized spacial score (nSPS) is 15.7. The Morgan fingerprint density at radius 3 is 1.42 bits per heavy atom. The average molecular weight is 487 g/mol. The molecule has 0 fully saturated rings. The standard InChI is InChI=1S/C38H30/c1-28(29-17-7-2-8-18-29)27-34-35(30-19-9-3-10-20-30)37(32-23-13-5-14-24-32)38(33-25-15-6-16-26-33)36(34)31-21-11-4-12-22-31/h2-27,35H,1H3/b28-27+. The molecule has 38 heavy (non-hydrogen) atoms. The van der Waals surface area contributed by atoms with E-state index in [2.05, 4.69) is 165 Å². The predicted molar refractivity (Wildman–Crippen MR) is 162 cm³/mol. The Morgan fingerprint density at radius 1 is 0.474 bits per heavy atom. The highest BCUT2D eigenvalue weighted by atomic mass is 14.4. The molecule has 5 aromatic rings. The van der Waals surface area contributed by atoms with Crippen molar-refractivity contribution in [2.45, 2.75) is 12.8 Å². The summed E-state index contributed by atoms with van der Waals surface area (Å²) in [6, 6.07) is 54.4. The largest absolute Gasteiger partial charge is 0.0622 e. The highest BCUT2D eigenvalue weighted by Gasteiger charge is 2.35. The van der Waals surface area contributed by atoms with E-state index >= 15 is 0 Å². The van der Waals surface area contributed by atoms with Gasteiger partial charge in [0, 0.05) is 5.92 Å². The Labute approximate surface area is 226 Å². The van der Waals surface area contributed by atoms with Crippen LogP contribution < -0.4 is 0 Å². The Bertz CT molecular complexity index is 1610. The van der Waals surface area contributed by atoms with E-state index in [0.29, 0.717) is 0 Å². The number of rotatable bonds is 6. The van der Waals surface area contributed by atoms with E-state index in [9.17, 15) is 0 Å². The third-order valence-electron chi connectivity index (χ3n) is 7.35. The van der Waals surface area contributed by atoms with E-state index in [0.717, 1.165) is 0 Å². The predicted octanol–water partition coefficient (Wildman–Crippen LogP) is 9.95. The molecular formula is C38H30. The van der Waals surface area contributed by atoms with Gasteiger partial charge in [0.15, 0.2) is 0 Å². The summed E-state index contributed by atoms with van der Waals surface area (Å²) in [7, 11) is 0. The lowest BCUT2D eigenvalue weighted by atomic mass is 9.82. The van der Waals surface area contributed by atoms with Crippen LogP contribution in [0.4, 0.5) is 0 Å². The van der Waals surface area contributed by atoms with Gasteiger partial charge in [0.1, 0.15) is 0 Å². The van der Waals surface area contributed by atoms with Crippen LogP contribution in [0.5, 0.6) is 0 Å². The van der Waals surface area contributed by atoms with Gasteiger partial charge in [-0.2, -0.15) is 0 Å². The molecule has 0 N–H and O–H groups in total. The number of benzene rings is 5. The molecule has 0 aliphatic heterocycles. The molecule has 0 heterocycles. The van der Waals surface area contributed by atoms with Gasteiger partial charge in [-0.25, -0.2) is 0 Å². The first-order valence-corrected chi connectivity index (χ1v) is 13.2. The molecule has 5 aromatic carbocycles. The van der Waals surface area contributed by atoms with Crippen LogP contribution in [-0.2, 0) is 0 Å². The SMILES string of the molecule is C/C(=C\C1=C(c2ccccc2)C(c2ccccc2)=C(c2ccccc2)C1c1ccccc1)c1ccccc1. The van der Waals surface area contributed by atoms with Crippen molar-refractivity contribution in [3.63, 3.8) is 0 Å².